The summed E-state index contributed by atoms with van der Waals surface area (Å²) in [5, 5.41) is 0. The lowest BCUT2D eigenvalue weighted by Gasteiger charge is -2.07. The van der Waals surface area contributed by atoms with Crippen LogP contribution in [0.15, 0.2) is 22.7 Å². The van der Waals surface area contributed by atoms with E-state index >= 15 is 0 Å². The molecule has 0 radical (unpaired) electrons. The van der Waals surface area contributed by atoms with Gasteiger partial charge in [-0.25, -0.2) is 0 Å². The molecule has 1 rings (SSSR count). The minimum absolute atomic E-state index is 0.148. The van der Waals surface area contributed by atoms with Gasteiger partial charge in [0, 0.05) is 10.9 Å². The van der Waals surface area contributed by atoms with E-state index in [4.69, 9.17) is 4.74 Å². The van der Waals surface area contributed by atoms with Gasteiger partial charge < -0.3 is 4.74 Å². The molecule has 0 N–H and O–H groups in total. The Morgan fingerprint density at radius 2 is 2.20 bits per heavy atom. The molecular formula is C12H15BrO2. The first-order valence-electron chi connectivity index (χ1n) is 5.05. The van der Waals surface area contributed by atoms with E-state index in [1.165, 1.54) is 0 Å². The van der Waals surface area contributed by atoms with Gasteiger partial charge in [-0.15, -0.1) is 0 Å². The molecule has 0 aliphatic heterocycles. The normalized spacial score (nSPS) is 10.1. The number of carbonyl (C=O) groups excluding carboxylic acids is 1. The van der Waals surface area contributed by atoms with Crippen molar-refractivity contribution >= 4 is 21.7 Å². The molecule has 0 aliphatic rings. The third-order valence-corrected chi connectivity index (χ3v) is 2.71. The standard InChI is InChI=1S/C12H15BrO2/c1-3-4-5-11(14)10-8-9(13)6-7-12(10)15-2/h6-8H,3-5H2,1-2H3. The lowest BCUT2D eigenvalue weighted by molar-refractivity contribution is 0.0977. The van der Waals surface area contributed by atoms with Crippen LogP contribution in [-0.2, 0) is 0 Å². The van der Waals surface area contributed by atoms with Crippen molar-refractivity contribution in [3.05, 3.63) is 28.2 Å². The summed E-state index contributed by atoms with van der Waals surface area (Å²) < 4.78 is 6.07. The lowest BCUT2D eigenvalue weighted by atomic mass is 10.0. The highest BCUT2D eigenvalue weighted by Crippen LogP contribution is 2.24. The van der Waals surface area contributed by atoms with Crippen LogP contribution in [-0.4, -0.2) is 12.9 Å². The van der Waals surface area contributed by atoms with E-state index in [-0.39, 0.29) is 5.78 Å². The molecule has 0 spiro atoms. The molecule has 0 bridgehead atoms. The van der Waals surface area contributed by atoms with Gasteiger partial charge in [-0.2, -0.15) is 0 Å². The number of hydrogen-bond acceptors (Lipinski definition) is 2. The van der Waals surface area contributed by atoms with Crippen molar-refractivity contribution in [3.8, 4) is 5.75 Å². The zero-order valence-corrected chi connectivity index (χ0v) is 10.6. The predicted molar refractivity (Wildman–Crippen MR) is 64.5 cm³/mol. The molecule has 0 amide bonds. The second-order valence-corrected chi connectivity index (χ2v) is 4.29. The number of hydrogen-bond donors (Lipinski definition) is 0. The Kier molecular flexibility index (Phi) is 4.82. The van der Waals surface area contributed by atoms with Crippen LogP contribution in [0.25, 0.3) is 0 Å². The zero-order chi connectivity index (χ0) is 11.3. The molecule has 1 aromatic rings. The Bertz CT molecular complexity index is 347. The van der Waals surface area contributed by atoms with E-state index in [0.717, 1.165) is 17.3 Å². The van der Waals surface area contributed by atoms with Gasteiger partial charge in [0.05, 0.1) is 12.7 Å². The largest absolute Gasteiger partial charge is 0.496 e. The van der Waals surface area contributed by atoms with Gasteiger partial charge in [-0.3, -0.25) is 4.79 Å². The number of methoxy groups -OCH3 is 1. The number of ketones is 1. The van der Waals surface area contributed by atoms with Crippen LogP contribution in [0.2, 0.25) is 0 Å². The van der Waals surface area contributed by atoms with Crippen LogP contribution in [0.3, 0.4) is 0 Å². The lowest BCUT2D eigenvalue weighted by Crippen LogP contribution is -2.02. The van der Waals surface area contributed by atoms with Crippen molar-refractivity contribution in [3.63, 3.8) is 0 Å². The minimum atomic E-state index is 0.148. The topological polar surface area (TPSA) is 26.3 Å². The van der Waals surface area contributed by atoms with E-state index in [9.17, 15) is 4.79 Å². The van der Waals surface area contributed by atoms with Gasteiger partial charge in [0.15, 0.2) is 5.78 Å². The highest BCUT2D eigenvalue weighted by Gasteiger charge is 2.11. The van der Waals surface area contributed by atoms with Crippen molar-refractivity contribution in [1.29, 1.82) is 0 Å². The van der Waals surface area contributed by atoms with Crippen LogP contribution in [0.4, 0.5) is 0 Å². The first kappa shape index (κ1) is 12.2. The molecule has 0 fully saturated rings. The highest BCUT2D eigenvalue weighted by molar-refractivity contribution is 9.10. The van der Waals surface area contributed by atoms with E-state index in [2.05, 4.69) is 22.9 Å². The SMILES string of the molecule is CCCCC(=O)c1cc(Br)ccc1OC. The maximum Gasteiger partial charge on any atom is 0.166 e. The fourth-order valence-electron chi connectivity index (χ4n) is 1.37. The predicted octanol–water partition coefficient (Wildman–Crippen LogP) is 3.83. The molecule has 0 unspecified atom stereocenters. The summed E-state index contributed by atoms with van der Waals surface area (Å²) >= 11 is 3.35. The van der Waals surface area contributed by atoms with Crippen LogP contribution in [0.5, 0.6) is 5.75 Å². The molecule has 15 heavy (non-hydrogen) atoms. The number of Topliss-reactive ketones (excluding diaryl/α,β-unsaturated/α-hetero) is 1. The number of benzene rings is 1. The van der Waals surface area contributed by atoms with E-state index < -0.39 is 0 Å². The Hall–Kier alpha value is -0.830. The van der Waals surface area contributed by atoms with Crippen molar-refractivity contribution in [1.82, 2.24) is 0 Å². The van der Waals surface area contributed by atoms with Gasteiger partial charge in [-0.05, 0) is 24.6 Å². The van der Waals surface area contributed by atoms with Gasteiger partial charge in [0.25, 0.3) is 0 Å². The molecule has 2 nitrogen and oxygen atoms in total. The fraction of sp³-hybridized carbons (Fsp3) is 0.417. The first-order chi connectivity index (χ1) is 7.19. The van der Waals surface area contributed by atoms with Crippen molar-refractivity contribution in [2.75, 3.05) is 7.11 Å². The summed E-state index contributed by atoms with van der Waals surface area (Å²) in [5.74, 6) is 0.800. The Morgan fingerprint density at radius 3 is 2.80 bits per heavy atom. The van der Waals surface area contributed by atoms with Crippen LogP contribution in [0, 0.1) is 0 Å². The van der Waals surface area contributed by atoms with Crippen LogP contribution >= 0.6 is 15.9 Å². The average Bonchev–Trinajstić information content (AvgIpc) is 2.25. The third kappa shape index (κ3) is 3.34. The molecule has 0 atom stereocenters. The van der Waals surface area contributed by atoms with Crippen molar-refractivity contribution in [2.24, 2.45) is 0 Å². The van der Waals surface area contributed by atoms with E-state index in [1.807, 2.05) is 18.2 Å². The first-order valence-corrected chi connectivity index (χ1v) is 5.85. The average molecular weight is 271 g/mol. The van der Waals surface area contributed by atoms with E-state index in [0.29, 0.717) is 17.7 Å². The third-order valence-electron chi connectivity index (χ3n) is 2.22. The van der Waals surface area contributed by atoms with Gasteiger partial charge >= 0.3 is 0 Å². The summed E-state index contributed by atoms with van der Waals surface area (Å²) in [7, 11) is 1.58. The molecule has 1 aromatic carbocycles. The number of unbranched alkanes of at least 4 members (excludes halogenated alkanes) is 1. The quantitative estimate of drug-likeness (QED) is 0.761. The molecule has 0 saturated carbocycles. The second kappa shape index (κ2) is 5.91. The maximum atomic E-state index is 11.8. The molecular weight excluding hydrogens is 256 g/mol. The van der Waals surface area contributed by atoms with Gasteiger partial charge in [0.1, 0.15) is 5.75 Å². The summed E-state index contributed by atoms with van der Waals surface area (Å²) in [6, 6.07) is 5.50. The molecule has 0 heterocycles. The second-order valence-electron chi connectivity index (χ2n) is 3.37. The summed E-state index contributed by atoms with van der Waals surface area (Å²) in [6.07, 6.45) is 2.54. The monoisotopic (exact) mass is 270 g/mol. The van der Waals surface area contributed by atoms with E-state index in [1.54, 1.807) is 7.11 Å². The van der Waals surface area contributed by atoms with Crippen molar-refractivity contribution < 1.29 is 9.53 Å². The summed E-state index contributed by atoms with van der Waals surface area (Å²) in [4.78, 5) is 11.8. The minimum Gasteiger partial charge on any atom is -0.496 e. The Labute approximate surface area is 98.8 Å². The molecule has 0 saturated heterocycles. The molecule has 3 heteroatoms. The smallest absolute Gasteiger partial charge is 0.166 e. The number of carbonyl (C=O) groups is 1. The Balaban J connectivity index is 2.90. The number of ether oxygens (including phenoxy) is 1. The van der Waals surface area contributed by atoms with Gasteiger partial charge in [-0.1, -0.05) is 29.3 Å². The molecule has 82 valence electrons. The van der Waals surface area contributed by atoms with Crippen LogP contribution in [0.1, 0.15) is 36.5 Å². The Morgan fingerprint density at radius 1 is 1.47 bits per heavy atom. The van der Waals surface area contributed by atoms with Crippen LogP contribution < -0.4 is 4.74 Å². The highest BCUT2D eigenvalue weighted by atomic mass is 79.9. The maximum absolute atomic E-state index is 11.8. The fourth-order valence-corrected chi connectivity index (χ4v) is 1.73. The summed E-state index contributed by atoms with van der Waals surface area (Å²) in [6.45, 7) is 2.07. The zero-order valence-electron chi connectivity index (χ0n) is 9.05. The van der Waals surface area contributed by atoms with Gasteiger partial charge in [0.2, 0.25) is 0 Å². The molecule has 0 aliphatic carbocycles. The number of rotatable bonds is 5. The summed E-state index contributed by atoms with van der Waals surface area (Å²) in [5.41, 5.74) is 0.667. The molecule has 0 aromatic heterocycles. The van der Waals surface area contributed by atoms with Crippen molar-refractivity contribution in [2.45, 2.75) is 26.2 Å². The number of halogens is 1.